The Bertz CT molecular complexity index is 461. The lowest BCUT2D eigenvalue weighted by Crippen LogP contribution is -2.47. The number of anilines is 1. The third-order valence-electron chi connectivity index (χ3n) is 2.92. The van der Waals surface area contributed by atoms with Gasteiger partial charge in [0.1, 0.15) is 5.82 Å². The van der Waals surface area contributed by atoms with Crippen molar-refractivity contribution < 1.29 is 9.18 Å². The lowest BCUT2D eigenvalue weighted by molar-refractivity contribution is 0.193. The van der Waals surface area contributed by atoms with Crippen LogP contribution in [0.15, 0.2) is 22.7 Å². The first-order chi connectivity index (χ1) is 8.56. The maximum Gasteiger partial charge on any atom is 0.321 e. The second-order valence-corrected chi connectivity index (χ2v) is 5.26. The molecule has 0 bridgehead atoms. The van der Waals surface area contributed by atoms with Gasteiger partial charge in [-0.05, 0) is 47.0 Å². The lowest BCUT2D eigenvalue weighted by Gasteiger charge is -2.30. The highest BCUT2D eigenvalue weighted by Gasteiger charge is 2.21. The van der Waals surface area contributed by atoms with Crippen molar-refractivity contribution in [2.45, 2.75) is 18.9 Å². The number of nitrogens with two attached hydrogens (primary N) is 1. The van der Waals surface area contributed by atoms with Gasteiger partial charge in [0.2, 0.25) is 0 Å². The molecule has 4 nitrogen and oxygen atoms in total. The summed E-state index contributed by atoms with van der Waals surface area (Å²) in [5, 5.41) is 2.67. The maximum atomic E-state index is 13.3. The predicted octanol–water partition coefficient (Wildman–Crippen LogP) is 2.97. The van der Waals surface area contributed by atoms with E-state index in [4.69, 9.17) is 5.73 Å². The standard InChI is InChI=1S/C12H15BrFN3O.ClH/c13-10-4-3-9(6-11(10)14)16-12(18)17-5-1-2-8(15)7-17;/h3-4,6,8H,1-2,5,7,15H2,(H,16,18);1H/t8-;/m0./s1. The fraction of sp³-hybridized carbons (Fsp3) is 0.417. The fourth-order valence-electron chi connectivity index (χ4n) is 1.97. The van der Waals surface area contributed by atoms with Gasteiger partial charge in [-0.1, -0.05) is 0 Å². The SMILES string of the molecule is Cl.N[C@H]1CCCN(C(=O)Nc2ccc(Br)c(F)c2)C1. The van der Waals surface area contributed by atoms with Crippen LogP contribution in [0.1, 0.15) is 12.8 Å². The van der Waals surface area contributed by atoms with Crippen LogP contribution in [0.2, 0.25) is 0 Å². The molecular formula is C12H16BrClFN3O. The second kappa shape index (κ2) is 7.07. The number of urea groups is 1. The monoisotopic (exact) mass is 351 g/mol. The summed E-state index contributed by atoms with van der Waals surface area (Å²) in [6.07, 6.45) is 1.85. The number of nitrogens with zero attached hydrogens (tertiary/aromatic N) is 1. The zero-order valence-electron chi connectivity index (χ0n) is 10.2. The zero-order chi connectivity index (χ0) is 13.1. The Labute approximate surface area is 126 Å². The van der Waals surface area contributed by atoms with E-state index in [1.807, 2.05) is 0 Å². The van der Waals surface area contributed by atoms with Crippen molar-refractivity contribution >= 4 is 40.1 Å². The quantitative estimate of drug-likeness (QED) is 0.816. The summed E-state index contributed by atoms with van der Waals surface area (Å²) < 4.78 is 13.7. The predicted molar refractivity (Wildman–Crippen MR) is 79.1 cm³/mol. The molecule has 19 heavy (non-hydrogen) atoms. The molecule has 0 saturated carbocycles. The molecule has 106 valence electrons. The van der Waals surface area contributed by atoms with Crippen LogP contribution in [0.5, 0.6) is 0 Å². The van der Waals surface area contributed by atoms with E-state index in [2.05, 4.69) is 21.2 Å². The van der Waals surface area contributed by atoms with E-state index in [0.717, 1.165) is 12.8 Å². The van der Waals surface area contributed by atoms with E-state index < -0.39 is 5.82 Å². The van der Waals surface area contributed by atoms with Crippen molar-refractivity contribution in [3.8, 4) is 0 Å². The number of hydrogen-bond donors (Lipinski definition) is 2. The number of hydrogen-bond acceptors (Lipinski definition) is 2. The molecule has 1 aliphatic rings. The highest BCUT2D eigenvalue weighted by molar-refractivity contribution is 9.10. The molecule has 1 aliphatic heterocycles. The van der Waals surface area contributed by atoms with E-state index >= 15 is 0 Å². The molecule has 7 heteroatoms. The van der Waals surface area contributed by atoms with Crippen molar-refractivity contribution in [3.63, 3.8) is 0 Å². The fourth-order valence-corrected chi connectivity index (χ4v) is 2.22. The average Bonchev–Trinajstić information content (AvgIpc) is 2.34. The Morgan fingerprint density at radius 2 is 2.26 bits per heavy atom. The van der Waals surface area contributed by atoms with Gasteiger partial charge in [-0.3, -0.25) is 0 Å². The number of benzene rings is 1. The van der Waals surface area contributed by atoms with Crippen molar-refractivity contribution in [2.75, 3.05) is 18.4 Å². The van der Waals surface area contributed by atoms with Crippen molar-refractivity contribution in [1.82, 2.24) is 4.90 Å². The Morgan fingerprint density at radius 3 is 2.89 bits per heavy atom. The summed E-state index contributed by atoms with van der Waals surface area (Å²) in [5.41, 5.74) is 6.26. The molecule has 0 unspecified atom stereocenters. The molecule has 1 aromatic rings. The van der Waals surface area contributed by atoms with E-state index in [1.165, 1.54) is 6.07 Å². The van der Waals surface area contributed by atoms with E-state index in [0.29, 0.717) is 23.2 Å². The number of halogens is 3. The Morgan fingerprint density at radius 1 is 1.53 bits per heavy atom. The van der Waals surface area contributed by atoms with Gasteiger partial charge in [-0.2, -0.15) is 0 Å². The minimum absolute atomic E-state index is 0. The van der Waals surface area contributed by atoms with Gasteiger partial charge < -0.3 is 16.0 Å². The van der Waals surface area contributed by atoms with Crippen LogP contribution in [-0.4, -0.2) is 30.1 Å². The molecule has 0 aliphatic carbocycles. The van der Waals surface area contributed by atoms with Gasteiger partial charge >= 0.3 is 6.03 Å². The van der Waals surface area contributed by atoms with Crippen LogP contribution >= 0.6 is 28.3 Å². The summed E-state index contributed by atoms with van der Waals surface area (Å²) in [7, 11) is 0. The number of rotatable bonds is 1. The zero-order valence-corrected chi connectivity index (χ0v) is 12.6. The summed E-state index contributed by atoms with van der Waals surface area (Å²) >= 11 is 3.07. The topological polar surface area (TPSA) is 58.4 Å². The second-order valence-electron chi connectivity index (χ2n) is 4.41. The molecule has 0 spiro atoms. The highest BCUT2D eigenvalue weighted by Crippen LogP contribution is 2.20. The van der Waals surface area contributed by atoms with Crippen LogP contribution in [0.4, 0.5) is 14.9 Å². The van der Waals surface area contributed by atoms with Crippen LogP contribution in [-0.2, 0) is 0 Å². The first-order valence-electron chi connectivity index (χ1n) is 5.83. The molecule has 0 aromatic heterocycles. The molecule has 1 fully saturated rings. The highest BCUT2D eigenvalue weighted by atomic mass is 79.9. The first kappa shape index (κ1) is 16.2. The van der Waals surface area contributed by atoms with Gasteiger partial charge in [0.15, 0.2) is 0 Å². The Kier molecular flexibility index (Phi) is 6.03. The van der Waals surface area contributed by atoms with Crippen molar-refractivity contribution in [1.29, 1.82) is 0 Å². The molecule has 1 aromatic carbocycles. The molecule has 1 heterocycles. The molecule has 1 atom stereocenters. The third kappa shape index (κ3) is 4.33. The van der Waals surface area contributed by atoms with Crippen molar-refractivity contribution in [3.05, 3.63) is 28.5 Å². The summed E-state index contributed by atoms with van der Waals surface area (Å²) in [4.78, 5) is 13.6. The molecule has 0 radical (unpaired) electrons. The van der Waals surface area contributed by atoms with Gasteiger partial charge in [0.25, 0.3) is 0 Å². The van der Waals surface area contributed by atoms with Gasteiger partial charge in [-0.25, -0.2) is 9.18 Å². The van der Waals surface area contributed by atoms with Crippen molar-refractivity contribution in [2.24, 2.45) is 5.73 Å². The van der Waals surface area contributed by atoms with Gasteiger partial charge in [0.05, 0.1) is 4.47 Å². The average molecular weight is 353 g/mol. The van der Waals surface area contributed by atoms with Gasteiger partial charge in [0, 0.05) is 24.8 Å². The summed E-state index contributed by atoms with van der Waals surface area (Å²) in [6, 6.07) is 4.30. The normalized spacial score (nSPS) is 18.7. The number of piperidine rings is 1. The van der Waals surface area contributed by atoms with E-state index in [9.17, 15) is 9.18 Å². The molecule has 2 amide bonds. The minimum atomic E-state index is -0.400. The van der Waals surface area contributed by atoms with Crippen LogP contribution in [0, 0.1) is 5.82 Å². The Hall–Kier alpha value is -0.850. The van der Waals surface area contributed by atoms with Crippen LogP contribution < -0.4 is 11.1 Å². The van der Waals surface area contributed by atoms with E-state index in [-0.39, 0.29) is 24.5 Å². The first-order valence-corrected chi connectivity index (χ1v) is 6.62. The summed E-state index contributed by atoms with van der Waals surface area (Å²) in [5.74, 6) is -0.400. The number of carbonyl (C=O) groups excluding carboxylic acids is 1. The number of likely N-dealkylation sites (tertiary alicyclic amines) is 1. The molecule has 1 saturated heterocycles. The third-order valence-corrected chi connectivity index (χ3v) is 3.56. The van der Waals surface area contributed by atoms with Gasteiger partial charge in [-0.15, -0.1) is 12.4 Å². The summed E-state index contributed by atoms with van der Waals surface area (Å²) in [6.45, 7) is 1.24. The lowest BCUT2D eigenvalue weighted by atomic mass is 10.1. The smallest absolute Gasteiger partial charge is 0.321 e. The van der Waals surface area contributed by atoms with Crippen LogP contribution in [0.3, 0.4) is 0 Å². The Balaban J connectivity index is 0.00000180. The van der Waals surface area contributed by atoms with E-state index in [1.54, 1.807) is 17.0 Å². The minimum Gasteiger partial charge on any atom is -0.326 e. The largest absolute Gasteiger partial charge is 0.326 e. The number of amides is 2. The molecule has 3 N–H and O–H groups in total. The maximum absolute atomic E-state index is 13.3. The number of carbonyl (C=O) groups is 1. The number of nitrogens with one attached hydrogen (secondary N) is 1. The molecular weight excluding hydrogens is 337 g/mol. The van der Waals surface area contributed by atoms with Crippen LogP contribution in [0.25, 0.3) is 0 Å². The molecule has 2 rings (SSSR count).